The number of carbonyl (C=O) groups is 3. The van der Waals surface area contributed by atoms with E-state index in [-0.39, 0.29) is 13.2 Å². The van der Waals surface area contributed by atoms with Gasteiger partial charge in [-0.05, 0) is 13.8 Å². The van der Waals surface area contributed by atoms with E-state index in [2.05, 4.69) is 0 Å². The molecule has 0 radical (unpaired) electrons. The van der Waals surface area contributed by atoms with Crippen molar-refractivity contribution < 1.29 is 42.8 Å². The number of rotatable bonds is 5. The van der Waals surface area contributed by atoms with Crippen molar-refractivity contribution in [2.45, 2.75) is 64.5 Å². The largest absolute Gasteiger partial charge is 0.463 e. The third-order valence-electron chi connectivity index (χ3n) is 3.51. The van der Waals surface area contributed by atoms with E-state index in [9.17, 15) is 14.4 Å². The molecule has 4 atom stereocenters. The van der Waals surface area contributed by atoms with Crippen LogP contribution < -0.4 is 0 Å². The molecule has 0 unspecified atom stereocenters. The van der Waals surface area contributed by atoms with Crippen LogP contribution in [0.5, 0.6) is 0 Å². The van der Waals surface area contributed by atoms with Gasteiger partial charge >= 0.3 is 17.9 Å². The van der Waals surface area contributed by atoms with Gasteiger partial charge in [0.1, 0.15) is 19.3 Å². The van der Waals surface area contributed by atoms with Crippen LogP contribution in [0.15, 0.2) is 0 Å². The first kappa shape index (κ1) is 18.6. The van der Waals surface area contributed by atoms with Gasteiger partial charge in [0, 0.05) is 20.8 Å². The van der Waals surface area contributed by atoms with Crippen molar-refractivity contribution in [2.75, 3.05) is 13.2 Å². The molecular weight excluding hydrogens is 324 g/mol. The van der Waals surface area contributed by atoms with E-state index >= 15 is 0 Å². The maximum Gasteiger partial charge on any atom is 0.303 e. The summed E-state index contributed by atoms with van der Waals surface area (Å²) in [5, 5.41) is 0. The molecule has 2 fully saturated rings. The highest BCUT2D eigenvalue weighted by molar-refractivity contribution is 5.67. The summed E-state index contributed by atoms with van der Waals surface area (Å²) < 4.78 is 32.7. The van der Waals surface area contributed by atoms with Crippen LogP contribution >= 0.6 is 0 Å². The first-order valence-electron chi connectivity index (χ1n) is 7.54. The SMILES string of the molecule is CC(=O)OC[C@@H]1O[C@@]2(COC(C)=O)OC(C)(C)O[C@H]2[C@@H]1OC(C)=O. The average molecular weight is 346 g/mol. The lowest BCUT2D eigenvalue weighted by molar-refractivity contribution is -0.279. The number of carbonyl (C=O) groups excluding carboxylic acids is 3. The highest BCUT2D eigenvalue weighted by Gasteiger charge is 2.67. The lowest BCUT2D eigenvalue weighted by atomic mass is 10.1. The Morgan fingerprint density at radius 2 is 1.58 bits per heavy atom. The Labute approximate surface area is 139 Å². The third-order valence-corrected chi connectivity index (χ3v) is 3.51. The Morgan fingerprint density at radius 1 is 0.958 bits per heavy atom. The number of hydrogen-bond acceptors (Lipinski definition) is 9. The zero-order valence-electron chi connectivity index (χ0n) is 14.3. The molecule has 9 heteroatoms. The molecule has 0 saturated carbocycles. The van der Waals surface area contributed by atoms with E-state index in [1.54, 1.807) is 13.8 Å². The van der Waals surface area contributed by atoms with Crippen molar-refractivity contribution in [3.63, 3.8) is 0 Å². The van der Waals surface area contributed by atoms with E-state index in [0.29, 0.717) is 0 Å². The highest BCUT2D eigenvalue weighted by Crippen LogP contribution is 2.46. The minimum absolute atomic E-state index is 0.154. The van der Waals surface area contributed by atoms with Gasteiger partial charge in [0.2, 0.25) is 5.79 Å². The Balaban J connectivity index is 2.25. The number of hydrogen-bond donors (Lipinski definition) is 0. The molecular formula is C15H22O9. The van der Waals surface area contributed by atoms with E-state index in [1.165, 1.54) is 20.8 Å². The fraction of sp³-hybridized carbons (Fsp3) is 0.800. The Bertz CT molecular complexity index is 529. The van der Waals surface area contributed by atoms with Gasteiger partial charge in [0.15, 0.2) is 18.0 Å². The minimum atomic E-state index is -1.44. The average Bonchev–Trinajstić information content (AvgIpc) is 2.83. The van der Waals surface area contributed by atoms with Crippen LogP contribution in [0.4, 0.5) is 0 Å². The summed E-state index contributed by atoms with van der Waals surface area (Å²) in [7, 11) is 0. The molecule has 0 aromatic rings. The summed E-state index contributed by atoms with van der Waals surface area (Å²) >= 11 is 0. The summed E-state index contributed by atoms with van der Waals surface area (Å²) in [5.74, 6) is -4.05. The number of fused-ring (bicyclic) bond motifs is 1. The maximum atomic E-state index is 11.4. The zero-order chi connectivity index (χ0) is 18.1. The van der Waals surface area contributed by atoms with E-state index < -0.39 is 47.8 Å². The Morgan fingerprint density at radius 3 is 2.12 bits per heavy atom. The molecule has 2 saturated heterocycles. The van der Waals surface area contributed by atoms with E-state index in [4.69, 9.17) is 28.4 Å². The van der Waals surface area contributed by atoms with Gasteiger partial charge < -0.3 is 28.4 Å². The van der Waals surface area contributed by atoms with Gasteiger partial charge in [-0.25, -0.2) is 0 Å². The number of ether oxygens (including phenoxy) is 6. The lowest BCUT2D eigenvalue weighted by Crippen LogP contribution is -2.46. The van der Waals surface area contributed by atoms with Gasteiger partial charge in [-0.1, -0.05) is 0 Å². The number of esters is 3. The van der Waals surface area contributed by atoms with Gasteiger partial charge in [0.05, 0.1) is 0 Å². The monoisotopic (exact) mass is 346 g/mol. The standard InChI is InChI=1S/C15H22O9/c1-8(16)19-6-11-12(21-10(3)18)13-15(22-11,7-20-9(2)17)24-14(4,5)23-13/h11-13H,6-7H2,1-5H3/t11-,12+,13-,15-/m0/s1. The predicted octanol–water partition coefficient (Wildman–Crippen LogP) is 0.291. The summed E-state index contributed by atoms with van der Waals surface area (Å²) in [6.07, 6.45) is -2.52. The van der Waals surface area contributed by atoms with Gasteiger partial charge in [-0.3, -0.25) is 14.4 Å². The summed E-state index contributed by atoms with van der Waals surface area (Å²) in [6, 6.07) is 0. The van der Waals surface area contributed by atoms with Crippen LogP contribution in [0.25, 0.3) is 0 Å². The molecule has 0 spiro atoms. The molecule has 2 rings (SSSR count). The summed E-state index contributed by atoms with van der Waals surface area (Å²) in [4.78, 5) is 33.7. The molecule has 2 aliphatic heterocycles. The highest BCUT2D eigenvalue weighted by atomic mass is 16.9. The maximum absolute atomic E-state index is 11.4. The van der Waals surface area contributed by atoms with Gasteiger partial charge in [-0.2, -0.15) is 0 Å². The normalized spacial score (nSPS) is 33.6. The summed E-state index contributed by atoms with van der Waals surface area (Å²) in [5.41, 5.74) is 0. The molecule has 0 aliphatic carbocycles. The smallest absolute Gasteiger partial charge is 0.303 e. The van der Waals surface area contributed by atoms with Crippen molar-refractivity contribution in [3.8, 4) is 0 Å². The van der Waals surface area contributed by atoms with Crippen LogP contribution in [-0.2, 0) is 42.8 Å². The van der Waals surface area contributed by atoms with E-state index in [0.717, 1.165) is 0 Å². The van der Waals surface area contributed by atoms with Crippen molar-refractivity contribution >= 4 is 17.9 Å². The van der Waals surface area contributed by atoms with Crippen LogP contribution in [-0.4, -0.2) is 61.0 Å². The Hall–Kier alpha value is -1.71. The molecule has 9 nitrogen and oxygen atoms in total. The second-order valence-corrected chi connectivity index (χ2v) is 6.17. The molecule has 0 aromatic heterocycles. The fourth-order valence-electron chi connectivity index (χ4n) is 2.83. The van der Waals surface area contributed by atoms with Gasteiger partial charge in [-0.15, -0.1) is 0 Å². The molecule has 2 aliphatic rings. The molecule has 2 heterocycles. The second-order valence-electron chi connectivity index (χ2n) is 6.17. The molecule has 0 amide bonds. The zero-order valence-corrected chi connectivity index (χ0v) is 14.3. The molecule has 136 valence electrons. The van der Waals surface area contributed by atoms with Crippen molar-refractivity contribution in [2.24, 2.45) is 0 Å². The predicted molar refractivity (Wildman–Crippen MR) is 76.5 cm³/mol. The first-order valence-corrected chi connectivity index (χ1v) is 7.54. The Kier molecular flexibility index (Phi) is 5.17. The lowest BCUT2D eigenvalue weighted by Gasteiger charge is -2.28. The molecule has 0 aromatic carbocycles. The molecule has 0 bridgehead atoms. The van der Waals surface area contributed by atoms with Crippen molar-refractivity contribution in [1.29, 1.82) is 0 Å². The third kappa shape index (κ3) is 4.03. The van der Waals surface area contributed by atoms with Crippen LogP contribution in [0.1, 0.15) is 34.6 Å². The fourth-order valence-corrected chi connectivity index (χ4v) is 2.83. The van der Waals surface area contributed by atoms with Crippen molar-refractivity contribution in [1.82, 2.24) is 0 Å². The van der Waals surface area contributed by atoms with Crippen LogP contribution in [0.2, 0.25) is 0 Å². The summed E-state index contributed by atoms with van der Waals surface area (Å²) in [6.45, 7) is 6.68. The molecule has 24 heavy (non-hydrogen) atoms. The quantitative estimate of drug-likeness (QED) is 0.513. The minimum Gasteiger partial charge on any atom is -0.463 e. The van der Waals surface area contributed by atoms with Crippen LogP contribution in [0, 0.1) is 0 Å². The van der Waals surface area contributed by atoms with Crippen molar-refractivity contribution in [3.05, 3.63) is 0 Å². The molecule has 0 N–H and O–H groups in total. The first-order chi connectivity index (χ1) is 11.0. The van der Waals surface area contributed by atoms with E-state index in [1.807, 2.05) is 0 Å². The van der Waals surface area contributed by atoms with Gasteiger partial charge in [0.25, 0.3) is 0 Å². The second kappa shape index (κ2) is 6.66. The topological polar surface area (TPSA) is 107 Å². The van der Waals surface area contributed by atoms with Crippen LogP contribution in [0.3, 0.4) is 0 Å².